The highest BCUT2D eigenvalue weighted by Crippen LogP contribution is 2.16. The highest BCUT2D eigenvalue weighted by atomic mass is 32.2. The average molecular weight is 408 g/mol. The van der Waals surface area contributed by atoms with Crippen LogP contribution < -0.4 is 10.6 Å². The molecule has 0 unspecified atom stereocenters. The van der Waals surface area contributed by atoms with Crippen LogP contribution in [0.5, 0.6) is 0 Å². The van der Waals surface area contributed by atoms with Crippen LogP contribution in [0.4, 0.5) is 10.5 Å². The summed E-state index contributed by atoms with van der Waals surface area (Å²) in [5, 5.41) is 5.71. The maximum atomic E-state index is 12.2. The predicted molar refractivity (Wildman–Crippen MR) is 113 cm³/mol. The Kier molecular flexibility index (Phi) is 8.19. The lowest BCUT2D eigenvalue weighted by atomic mass is 10.0. The van der Waals surface area contributed by atoms with Crippen molar-refractivity contribution in [3.63, 3.8) is 0 Å². The third-order valence-corrected chi connectivity index (χ3v) is 5.86. The van der Waals surface area contributed by atoms with Crippen molar-refractivity contribution in [3.05, 3.63) is 35.9 Å². The van der Waals surface area contributed by atoms with Crippen LogP contribution in [0.25, 0.3) is 6.08 Å². The maximum Gasteiger partial charge on any atom is 0.330 e. The Hall–Kier alpha value is -2.19. The lowest BCUT2D eigenvalue weighted by Gasteiger charge is -2.40. The minimum Gasteiger partial charge on any atom is -0.463 e. The summed E-state index contributed by atoms with van der Waals surface area (Å²) in [6.07, 6.45) is 3.03. The van der Waals surface area contributed by atoms with Crippen LogP contribution in [0.3, 0.4) is 0 Å². The fourth-order valence-electron chi connectivity index (χ4n) is 2.86. The Labute approximate surface area is 169 Å². The van der Waals surface area contributed by atoms with Crippen LogP contribution in [-0.4, -0.2) is 64.4 Å². The van der Waals surface area contributed by atoms with E-state index in [9.17, 15) is 13.8 Å². The molecular formula is C20H29N3O4S. The zero-order valence-electron chi connectivity index (χ0n) is 16.7. The number of anilines is 1. The van der Waals surface area contributed by atoms with E-state index in [4.69, 9.17) is 4.74 Å². The van der Waals surface area contributed by atoms with Crippen LogP contribution in [0.15, 0.2) is 30.3 Å². The molecule has 0 radical (unpaired) electrons. The van der Waals surface area contributed by atoms with E-state index in [1.165, 1.54) is 6.08 Å². The monoisotopic (exact) mass is 407 g/mol. The fraction of sp³-hybridized carbons (Fsp3) is 0.500. The lowest BCUT2D eigenvalue weighted by molar-refractivity contribution is -0.137. The van der Waals surface area contributed by atoms with E-state index >= 15 is 0 Å². The van der Waals surface area contributed by atoms with Gasteiger partial charge in [0, 0.05) is 59.2 Å². The second-order valence-electron chi connectivity index (χ2n) is 7.16. The number of urea groups is 1. The molecule has 7 nitrogen and oxygen atoms in total. The highest BCUT2D eigenvalue weighted by molar-refractivity contribution is 7.85. The second kappa shape index (κ2) is 10.4. The first-order chi connectivity index (χ1) is 13.3. The molecule has 0 saturated carbocycles. The molecule has 0 aliphatic carbocycles. The van der Waals surface area contributed by atoms with Crippen molar-refractivity contribution in [2.45, 2.75) is 26.3 Å². The molecule has 1 aromatic rings. The van der Waals surface area contributed by atoms with Gasteiger partial charge in [0.25, 0.3) is 0 Å². The van der Waals surface area contributed by atoms with Crippen molar-refractivity contribution < 1.29 is 18.5 Å². The number of hydrogen-bond donors (Lipinski definition) is 2. The number of rotatable bonds is 7. The van der Waals surface area contributed by atoms with E-state index in [0.717, 1.165) is 18.7 Å². The number of esters is 1. The number of amides is 2. The molecule has 0 bridgehead atoms. The van der Waals surface area contributed by atoms with Gasteiger partial charge in [-0.3, -0.25) is 9.11 Å². The zero-order valence-corrected chi connectivity index (χ0v) is 17.5. The van der Waals surface area contributed by atoms with E-state index in [0.29, 0.717) is 30.3 Å². The van der Waals surface area contributed by atoms with E-state index in [1.807, 2.05) is 12.1 Å². The van der Waals surface area contributed by atoms with Gasteiger partial charge in [-0.2, -0.15) is 0 Å². The van der Waals surface area contributed by atoms with Gasteiger partial charge in [0.1, 0.15) is 0 Å². The normalized spacial score (nSPS) is 16.1. The quantitative estimate of drug-likeness (QED) is 0.535. The number of carbonyl (C=O) groups excluding carboxylic acids is 2. The number of hydrogen-bond acceptors (Lipinski definition) is 5. The van der Waals surface area contributed by atoms with Crippen molar-refractivity contribution >= 4 is 34.6 Å². The van der Waals surface area contributed by atoms with E-state index in [1.54, 1.807) is 25.1 Å². The third-order valence-electron chi connectivity index (χ3n) is 4.58. The summed E-state index contributed by atoms with van der Waals surface area (Å²) in [6.45, 7) is 8.31. The number of carbonyl (C=O) groups is 2. The highest BCUT2D eigenvalue weighted by Gasteiger charge is 2.29. The molecule has 154 valence electrons. The number of benzene rings is 1. The van der Waals surface area contributed by atoms with Crippen LogP contribution in [0.2, 0.25) is 0 Å². The second-order valence-corrected chi connectivity index (χ2v) is 8.86. The van der Waals surface area contributed by atoms with Gasteiger partial charge in [-0.1, -0.05) is 12.1 Å². The lowest BCUT2D eigenvalue weighted by Crippen LogP contribution is -2.56. The Morgan fingerprint density at radius 2 is 1.86 bits per heavy atom. The topological polar surface area (TPSA) is 87.7 Å². The van der Waals surface area contributed by atoms with E-state index < -0.39 is 10.8 Å². The molecule has 1 fully saturated rings. The number of nitrogens with one attached hydrogen (secondary N) is 2. The molecule has 8 heteroatoms. The summed E-state index contributed by atoms with van der Waals surface area (Å²) in [5.41, 5.74) is 1.29. The molecule has 1 aliphatic rings. The Morgan fingerprint density at radius 3 is 2.46 bits per heavy atom. The average Bonchev–Trinajstić information content (AvgIpc) is 2.66. The van der Waals surface area contributed by atoms with Crippen molar-refractivity contribution in [2.75, 3.05) is 43.1 Å². The minimum atomic E-state index is -0.714. The number of ether oxygens (including phenoxy) is 1. The largest absolute Gasteiger partial charge is 0.463 e. The molecule has 1 aliphatic heterocycles. The van der Waals surface area contributed by atoms with Gasteiger partial charge in [-0.25, -0.2) is 9.59 Å². The van der Waals surface area contributed by atoms with Crippen LogP contribution >= 0.6 is 0 Å². The van der Waals surface area contributed by atoms with Crippen molar-refractivity contribution in [1.82, 2.24) is 10.2 Å². The third kappa shape index (κ3) is 7.09. The first-order valence-electron chi connectivity index (χ1n) is 9.40. The van der Waals surface area contributed by atoms with Crippen molar-refractivity contribution in [1.29, 1.82) is 0 Å². The molecule has 2 rings (SSSR count). The summed E-state index contributed by atoms with van der Waals surface area (Å²) in [6, 6.07) is 6.89. The van der Waals surface area contributed by atoms with Crippen molar-refractivity contribution in [2.24, 2.45) is 0 Å². The Morgan fingerprint density at radius 1 is 1.21 bits per heavy atom. The van der Waals surface area contributed by atoms with E-state index in [2.05, 4.69) is 29.4 Å². The molecule has 28 heavy (non-hydrogen) atoms. The Balaban J connectivity index is 1.81. The molecule has 2 amide bonds. The summed E-state index contributed by atoms with van der Waals surface area (Å²) in [4.78, 5) is 25.8. The first kappa shape index (κ1) is 22.1. The summed E-state index contributed by atoms with van der Waals surface area (Å²) < 4.78 is 16.3. The smallest absolute Gasteiger partial charge is 0.330 e. The van der Waals surface area contributed by atoms with Gasteiger partial charge in [0.2, 0.25) is 0 Å². The fourth-order valence-corrected chi connectivity index (χ4v) is 3.91. The summed E-state index contributed by atoms with van der Waals surface area (Å²) in [7, 11) is -0.714. The van der Waals surface area contributed by atoms with Crippen LogP contribution in [0.1, 0.15) is 26.3 Å². The van der Waals surface area contributed by atoms with Gasteiger partial charge in [-0.05, 0) is 44.5 Å². The molecule has 0 spiro atoms. The van der Waals surface area contributed by atoms with Crippen LogP contribution in [-0.2, 0) is 20.3 Å². The standard InChI is InChI=1S/C20H29N3O4S/c1-4-27-18(24)10-7-16-5-8-17(9-6-16)22-19(25)21-15-20(2,3)23-11-13-28(26)14-12-23/h5-10H,4,11-15H2,1-3H3,(H2,21,22,25)/b10-7+. The van der Waals surface area contributed by atoms with Gasteiger partial charge in [0.05, 0.1) is 6.61 Å². The maximum absolute atomic E-state index is 12.2. The molecule has 0 atom stereocenters. The summed E-state index contributed by atoms with van der Waals surface area (Å²) in [5.74, 6) is 0.991. The molecule has 0 aromatic heterocycles. The molecule has 1 heterocycles. The summed E-state index contributed by atoms with van der Waals surface area (Å²) >= 11 is 0. The SMILES string of the molecule is CCOC(=O)/C=C/c1ccc(NC(=O)NCC(C)(C)N2CCS(=O)CC2)cc1. The van der Waals surface area contributed by atoms with Gasteiger partial charge >= 0.3 is 12.0 Å². The van der Waals surface area contributed by atoms with E-state index in [-0.39, 0.29) is 17.5 Å². The zero-order chi connectivity index (χ0) is 20.6. The van der Waals surface area contributed by atoms with Crippen LogP contribution in [0, 0.1) is 0 Å². The molecule has 1 aromatic carbocycles. The van der Waals surface area contributed by atoms with Gasteiger partial charge in [0.15, 0.2) is 0 Å². The molecular weight excluding hydrogens is 378 g/mol. The first-order valence-corrected chi connectivity index (χ1v) is 10.9. The Bertz CT molecular complexity index is 721. The predicted octanol–water partition coefficient (Wildman–Crippen LogP) is 2.23. The molecule has 2 N–H and O–H groups in total. The van der Waals surface area contributed by atoms with Gasteiger partial charge in [-0.15, -0.1) is 0 Å². The number of nitrogens with zero attached hydrogens (tertiary/aromatic N) is 1. The van der Waals surface area contributed by atoms with Crippen molar-refractivity contribution in [3.8, 4) is 0 Å². The van der Waals surface area contributed by atoms with Gasteiger partial charge < -0.3 is 15.4 Å². The molecule has 1 saturated heterocycles. The minimum absolute atomic E-state index is 0.205.